The molecule has 2 aliphatic carbocycles. The Morgan fingerprint density at radius 3 is 2.70 bits per heavy atom. The number of likely N-dealkylation sites (tertiary alicyclic amines) is 1. The highest BCUT2D eigenvalue weighted by atomic mass is 16.3. The molecule has 1 aromatic heterocycles. The normalized spacial score (nSPS) is 32.2. The van der Waals surface area contributed by atoms with Gasteiger partial charge < -0.3 is 10.0 Å². The monoisotopic (exact) mass is 314 g/mol. The van der Waals surface area contributed by atoms with Gasteiger partial charge in [-0.05, 0) is 62.0 Å². The van der Waals surface area contributed by atoms with Crippen LogP contribution in [0.2, 0.25) is 0 Å². The second-order valence-electron chi connectivity index (χ2n) is 7.77. The molecule has 3 fully saturated rings. The Hall–Kier alpha value is -1.42. The van der Waals surface area contributed by atoms with Crippen LogP contribution in [0.3, 0.4) is 0 Å². The average molecular weight is 314 g/mol. The smallest absolute Gasteiger partial charge is 0.222 e. The van der Waals surface area contributed by atoms with Crippen molar-refractivity contribution in [3.05, 3.63) is 30.1 Å². The van der Waals surface area contributed by atoms with Gasteiger partial charge in [-0.3, -0.25) is 9.78 Å². The summed E-state index contributed by atoms with van der Waals surface area (Å²) >= 11 is 0. The molecule has 0 spiro atoms. The highest BCUT2D eigenvalue weighted by molar-refractivity contribution is 5.76. The average Bonchev–Trinajstić information content (AvgIpc) is 3.19. The Labute approximate surface area is 137 Å². The topological polar surface area (TPSA) is 53.4 Å². The number of carbonyl (C=O) groups excluding carboxylic acids is 1. The minimum Gasteiger partial charge on any atom is -0.383 e. The minimum absolute atomic E-state index is 0.297. The second-order valence-corrected chi connectivity index (χ2v) is 7.77. The third-order valence-electron chi connectivity index (χ3n) is 6.41. The van der Waals surface area contributed by atoms with Gasteiger partial charge in [-0.2, -0.15) is 0 Å². The van der Waals surface area contributed by atoms with E-state index in [1.54, 1.807) is 6.20 Å². The SMILES string of the molecule is O=C(C[C@H]1C[C@H]2CC[C@H]1C2)N1CCC(O)(c2ccccn2)CC1. The molecule has 4 nitrogen and oxygen atoms in total. The fourth-order valence-corrected chi connectivity index (χ4v) is 5.00. The highest BCUT2D eigenvalue weighted by Crippen LogP contribution is 2.49. The summed E-state index contributed by atoms with van der Waals surface area (Å²) in [6, 6.07) is 5.65. The summed E-state index contributed by atoms with van der Waals surface area (Å²) in [7, 11) is 0. The van der Waals surface area contributed by atoms with Gasteiger partial charge in [0.1, 0.15) is 5.60 Å². The number of aliphatic hydroxyl groups is 1. The molecule has 1 aliphatic heterocycles. The molecule has 1 amide bonds. The molecule has 124 valence electrons. The third kappa shape index (κ3) is 2.89. The first-order valence-corrected chi connectivity index (χ1v) is 9.06. The van der Waals surface area contributed by atoms with E-state index in [1.165, 1.54) is 25.7 Å². The van der Waals surface area contributed by atoms with Crippen molar-refractivity contribution in [1.82, 2.24) is 9.88 Å². The van der Waals surface area contributed by atoms with Gasteiger partial charge in [-0.1, -0.05) is 12.5 Å². The Morgan fingerprint density at radius 1 is 1.26 bits per heavy atom. The number of fused-ring (bicyclic) bond motifs is 2. The summed E-state index contributed by atoms with van der Waals surface area (Å²) in [6.07, 6.45) is 8.97. The van der Waals surface area contributed by atoms with E-state index in [0.717, 1.165) is 24.0 Å². The molecule has 4 heteroatoms. The van der Waals surface area contributed by atoms with E-state index in [2.05, 4.69) is 4.98 Å². The molecule has 4 rings (SSSR count). The van der Waals surface area contributed by atoms with Crippen LogP contribution in [0.5, 0.6) is 0 Å². The molecule has 23 heavy (non-hydrogen) atoms. The van der Waals surface area contributed by atoms with Crippen molar-refractivity contribution in [3.8, 4) is 0 Å². The van der Waals surface area contributed by atoms with E-state index in [9.17, 15) is 9.90 Å². The lowest BCUT2D eigenvalue weighted by Gasteiger charge is -2.38. The van der Waals surface area contributed by atoms with Crippen LogP contribution in [-0.2, 0) is 10.4 Å². The van der Waals surface area contributed by atoms with Crippen molar-refractivity contribution < 1.29 is 9.90 Å². The lowest BCUT2D eigenvalue weighted by Crippen LogP contribution is -2.46. The second kappa shape index (κ2) is 5.90. The number of piperidine rings is 1. The molecule has 0 unspecified atom stereocenters. The Bertz CT molecular complexity index is 566. The largest absolute Gasteiger partial charge is 0.383 e. The van der Waals surface area contributed by atoms with Crippen molar-refractivity contribution in [2.45, 2.75) is 50.5 Å². The van der Waals surface area contributed by atoms with E-state index in [4.69, 9.17) is 0 Å². The van der Waals surface area contributed by atoms with Gasteiger partial charge in [-0.15, -0.1) is 0 Å². The molecule has 1 aromatic rings. The van der Waals surface area contributed by atoms with Gasteiger partial charge in [0.25, 0.3) is 0 Å². The Balaban J connectivity index is 1.33. The van der Waals surface area contributed by atoms with E-state index in [-0.39, 0.29) is 0 Å². The summed E-state index contributed by atoms with van der Waals surface area (Å²) in [4.78, 5) is 18.9. The van der Waals surface area contributed by atoms with Crippen LogP contribution < -0.4 is 0 Å². The van der Waals surface area contributed by atoms with Crippen molar-refractivity contribution in [3.63, 3.8) is 0 Å². The number of nitrogens with zero attached hydrogens (tertiary/aromatic N) is 2. The lowest BCUT2D eigenvalue weighted by atomic mass is 9.85. The van der Waals surface area contributed by atoms with Crippen molar-refractivity contribution in [1.29, 1.82) is 0 Å². The van der Waals surface area contributed by atoms with Crippen molar-refractivity contribution >= 4 is 5.91 Å². The maximum Gasteiger partial charge on any atom is 0.222 e. The third-order valence-corrected chi connectivity index (χ3v) is 6.41. The van der Waals surface area contributed by atoms with Crippen LogP contribution in [0.4, 0.5) is 0 Å². The molecular formula is C19H26N2O2. The molecule has 3 atom stereocenters. The highest BCUT2D eigenvalue weighted by Gasteiger charge is 2.42. The first-order valence-electron chi connectivity index (χ1n) is 9.06. The van der Waals surface area contributed by atoms with Crippen LogP contribution in [0.1, 0.15) is 50.6 Å². The van der Waals surface area contributed by atoms with Gasteiger partial charge in [0.2, 0.25) is 5.91 Å². The summed E-state index contributed by atoms with van der Waals surface area (Å²) in [5.74, 6) is 2.62. The summed E-state index contributed by atoms with van der Waals surface area (Å²) in [5, 5.41) is 10.8. The number of rotatable bonds is 3. The van der Waals surface area contributed by atoms with E-state index >= 15 is 0 Å². The van der Waals surface area contributed by atoms with Crippen LogP contribution in [-0.4, -0.2) is 34.0 Å². The predicted octanol–water partition coefficient (Wildman–Crippen LogP) is 2.72. The number of hydrogen-bond acceptors (Lipinski definition) is 3. The maximum absolute atomic E-state index is 12.6. The fraction of sp³-hybridized carbons (Fsp3) is 0.684. The number of amides is 1. The number of pyridine rings is 1. The standard InChI is InChI=1S/C19H26N2O2/c22-18(13-16-12-14-4-5-15(16)11-14)21-9-6-19(23,7-10-21)17-3-1-2-8-20-17/h1-3,8,14-16,23H,4-7,9-13H2/t14-,15-,16+/m0/s1. The fourth-order valence-electron chi connectivity index (χ4n) is 5.00. The quantitative estimate of drug-likeness (QED) is 0.933. The van der Waals surface area contributed by atoms with Gasteiger partial charge in [0.05, 0.1) is 5.69 Å². The number of aromatic nitrogens is 1. The van der Waals surface area contributed by atoms with E-state index in [0.29, 0.717) is 37.8 Å². The molecule has 1 N–H and O–H groups in total. The zero-order valence-corrected chi connectivity index (χ0v) is 13.7. The number of hydrogen-bond donors (Lipinski definition) is 1. The first kappa shape index (κ1) is 15.1. The van der Waals surface area contributed by atoms with Crippen LogP contribution in [0, 0.1) is 17.8 Å². The molecule has 3 aliphatic rings. The Kier molecular flexibility index (Phi) is 3.88. The molecular weight excluding hydrogens is 288 g/mol. The van der Waals surface area contributed by atoms with Crippen LogP contribution >= 0.6 is 0 Å². The minimum atomic E-state index is -0.871. The predicted molar refractivity (Wildman–Crippen MR) is 87.5 cm³/mol. The van der Waals surface area contributed by atoms with Gasteiger partial charge >= 0.3 is 0 Å². The Morgan fingerprint density at radius 2 is 2.09 bits per heavy atom. The van der Waals surface area contributed by atoms with Crippen molar-refractivity contribution in [2.24, 2.45) is 17.8 Å². The lowest BCUT2D eigenvalue weighted by molar-refractivity contribution is -0.137. The first-order chi connectivity index (χ1) is 11.1. The van der Waals surface area contributed by atoms with Gasteiger partial charge in [-0.25, -0.2) is 0 Å². The summed E-state index contributed by atoms with van der Waals surface area (Å²) in [6.45, 7) is 1.29. The summed E-state index contributed by atoms with van der Waals surface area (Å²) in [5.41, 5.74) is -0.134. The van der Waals surface area contributed by atoms with Crippen molar-refractivity contribution in [2.75, 3.05) is 13.1 Å². The molecule has 1 saturated heterocycles. The van der Waals surface area contributed by atoms with E-state index < -0.39 is 5.60 Å². The maximum atomic E-state index is 12.6. The van der Waals surface area contributed by atoms with Crippen LogP contribution in [0.25, 0.3) is 0 Å². The summed E-state index contributed by atoms with van der Waals surface area (Å²) < 4.78 is 0. The van der Waals surface area contributed by atoms with Gasteiger partial charge in [0, 0.05) is 25.7 Å². The molecule has 0 radical (unpaired) electrons. The molecule has 2 heterocycles. The van der Waals surface area contributed by atoms with E-state index in [1.807, 2.05) is 23.1 Å². The molecule has 0 aromatic carbocycles. The van der Waals surface area contributed by atoms with Crippen LogP contribution in [0.15, 0.2) is 24.4 Å². The number of carbonyl (C=O) groups is 1. The zero-order valence-electron chi connectivity index (χ0n) is 13.7. The zero-order chi connectivity index (χ0) is 15.9. The molecule has 2 saturated carbocycles. The van der Waals surface area contributed by atoms with Gasteiger partial charge in [0.15, 0.2) is 0 Å². The molecule has 2 bridgehead atoms.